The number of aromatic nitrogens is 2. The normalized spacial score (nSPS) is 10.5. The van der Waals surface area contributed by atoms with Crippen molar-refractivity contribution in [1.82, 2.24) is 9.97 Å². The molecule has 5 heteroatoms. The molecule has 0 atom stereocenters. The van der Waals surface area contributed by atoms with Gasteiger partial charge in [-0.1, -0.05) is 6.07 Å². The molecule has 0 bridgehead atoms. The van der Waals surface area contributed by atoms with Crippen LogP contribution in [0.25, 0.3) is 0 Å². The minimum absolute atomic E-state index is 0.610. The molecule has 1 aromatic carbocycles. The first-order valence-corrected chi connectivity index (χ1v) is 7.01. The molecule has 2 rings (SSSR count). The van der Waals surface area contributed by atoms with Gasteiger partial charge in [0.15, 0.2) is 0 Å². The highest BCUT2D eigenvalue weighted by Crippen LogP contribution is 2.19. The lowest BCUT2D eigenvalue weighted by Crippen LogP contribution is -2.11. The second kappa shape index (κ2) is 7.04. The molecule has 2 N–H and O–H groups in total. The minimum atomic E-state index is 0.610. The van der Waals surface area contributed by atoms with Gasteiger partial charge in [-0.25, -0.2) is 4.98 Å². The van der Waals surface area contributed by atoms with Gasteiger partial charge in [-0.3, -0.25) is 0 Å². The first-order chi connectivity index (χ1) is 10.1. The molecular formula is C16H22N4O. The van der Waals surface area contributed by atoms with E-state index in [4.69, 9.17) is 4.74 Å². The second-order valence-electron chi connectivity index (χ2n) is 5.06. The highest BCUT2D eigenvalue weighted by Gasteiger charge is 2.03. The first kappa shape index (κ1) is 15.3. The van der Waals surface area contributed by atoms with Gasteiger partial charge in [-0.2, -0.15) is 4.98 Å². The van der Waals surface area contributed by atoms with Gasteiger partial charge in [-0.15, -0.1) is 0 Å². The summed E-state index contributed by atoms with van der Waals surface area (Å²) in [5, 5.41) is 6.47. The maximum Gasteiger partial charge on any atom is 0.224 e. The summed E-state index contributed by atoms with van der Waals surface area (Å²) < 4.78 is 5.01. The fraction of sp³-hybridized carbons (Fsp3) is 0.375. The third-order valence-corrected chi connectivity index (χ3v) is 3.22. The largest absolute Gasteiger partial charge is 0.383 e. The molecule has 0 aliphatic carbocycles. The van der Waals surface area contributed by atoms with Gasteiger partial charge in [0.2, 0.25) is 5.95 Å². The lowest BCUT2D eigenvalue weighted by molar-refractivity contribution is 0.210. The molecule has 5 nitrogen and oxygen atoms in total. The topological polar surface area (TPSA) is 59.1 Å². The van der Waals surface area contributed by atoms with Gasteiger partial charge in [-0.05, 0) is 44.0 Å². The predicted octanol–water partition coefficient (Wildman–Crippen LogP) is 3.20. The Morgan fingerprint density at radius 3 is 2.57 bits per heavy atom. The number of hydrogen-bond acceptors (Lipinski definition) is 5. The van der Waals surface area contributed by atoms with Crippen LogP contribution in [-0.2, 0) is 4.74 Å². The van der Waals surface area contributed by atoms with E-state index < -0.39 is 0 Å². The van der Waals surface area contributed by atoms with Crippen LogP contribution in [0.15, 0.2) is 24.3 Å². The standard InChI is InChI=1S/C16H22N4O/c1-11-5-6-14(9-12(11)2)19-15-10-13(3)18-16(20-15)17-7-8-21-4/h5-6,9-10H,7-8H2,1-4H3,(H2,17,18,19,20). The Bertz CT molecular complexity index is 613. The van der Waals surface area contributed by atoms with Crippen molar-refractivity contribution in [3.05, 3.63) is 41.1 Å². The number of aryl methyl sites for hydroxylation is 3. The highest BCUT2D eigenvalue weighted by molar-refractivity contribution is 5.59. The van der Waals surface area contributed by atoms with E-state index in [1.165, 1.54) is 11.1 Å². The molecule has 0 saturated carbocycles. The SMILES string of the molecule is COCCNc1nc(C)cc(Nc2ccc(C)c(C)c2)n1. The third kappa shape index (κ3) is 4.43. The predicted molar refractivity (Wildman–Crippen MR) is 86.3 cm³/mol. The zero-order chi connectivity index (χ0) is 15.2. The van der Waals surface area contributed by atoms with Crippen molar-refractivity contribution in [1.29, 1.82) is 0 Å². The molecule has 0 amide bonds. The molecular weight excluding hydrogens is 264 g/mol. The summed E-state index contributed by atoms with van der Waals surface area (Å²) in [5.41, 5.74) is 4.47. The Labute approximate surface area is 125 Å². The molecule has 0 fully saturated rings. The minimum Gasteiger partial charge on any atom is -0.383 e. The zero-order valence-electron chi connectivity index (χ0n) is 13.0. The molecule has 0 aliphatic heterocycles. The Kier molecular flexibility index (Phi) is 5.11. The summed E-state index contributed by atoms with van der Waals surface area (Å²) >= 11 is 0. The van der Waals surface area contributed by atoms with Gasteiger partial charge in [0.1, 0.15) is 5.82 Å². The van der Waals surface area contributed by atoms with E-state index in [-0.39, 0.29) is 0 Å². The molecule has 21 heavy (non-hydrogen) atoms. The van der Waals surface area contributed by atoms with Crippen LogP contribution in [0.1, 0.15) is 16.8 Å². The third-order valence-electron chi connectivity index (χ3n) is 3.22. The Morgan fingerprint density at radius 1 is 1.05 bits per heavy atom. The van der Waals surface area contributed by atoms with Crippen molar-refractivity contribution in [3.63, 3.8) is 0 Å². The van der Waals surface area contributed by atoms with E-state index in [0.29, 0.717) is 19.1 Å². The zero-order valence-corrected chi connectivity index (χ0v) is 13.0. The van der Waals surface area contributed by atoms with Gasteiger partial charge in [0.25, 0.3) is 0 Å². The lowest BCUT2D eigenvalue weighted by atomic mass is 10.1. The lowest BCUT2D eigenvalue weighted by Gasteiger charge is -2.11. The Hall–Kier alpha value is -2.14. The van der Waals surface area contributed by atoms with E-state index in [0.717, 1.165) is 17.2 Å². The van der Waals surface area contributed by atoms with Crippen molar-refractivity contribution < 1.29 is 4.74 Å². The van der Waals surface area contributed by atoms with E-state index >= 15 is 0 Å². The average Bonchev–Trinajstić information content (AvgIpc) is 2.43. The van der Waals surface area contributed by atoms with Crippen molar-refractivity contribution >= 4 is 17.5 Å². The van der Waals surface area contributed by atoms with Crippen LogP contribution in [0.4, 0.5) is 17.5 Å². The van der Waals surface area contributed by atoms with Crippen LogP contribution in [0.3, 0.4) is 0 Å². The van der Waals surface area contributed by atoms with Crippen LogP contribution < -0.4 is 10.6 Å². The van der Waals surface area contributed by atoms with E-state index in [9.17, 15) is 0 Å². The van der Waals surface area contributed by atoms with Crippen molar-refractivity contribution in [3.8, 4) is 0 Å². The summed E-state index contributed by atoms with van der Waals surface area (Å²) in [6, 6.07) is 8.20. The fourth-order valence-corrected chi connectivity index (χ4v) is 1.94. The molecule has 112 valence electrons. The quantitative estimate of drug-likeness (QED) is 0.799. The van der Waals surface area contributed by atoms with Crippen LogP contribution in [0.5, 0.6) is 0 Å². The summed E-state index contributed by atoms with van der Waals surface area (Å²) in [6.45, 7) is 7.46. The Morgan fingerprint density at radius 2 is 1.86 bits per heavy atom. The van der Waals surface area contributed by atoms with Crippen LogP contribution in [-0.4, -0.2) is 30.2 Å². The van der Waals surface area contributed by atoms with Crippen LogP contribution in [0.2, 0.25) is 0 Å². The summed E-state index contributed by atoms with van der Waals surface area (Å²) in [7, 11) is 1.67. The van der Waals surface area contributed by atoms with E-state index in [2.05, 4.69) is 52.6 Å². The number of ether oxygens (including phenoxy) is 1. The van der Waals surface area contributed by atoms with Crippen LogP contribution >= 0.6 is 0 Å². The summed E-state index contributed by atoms with van der Waals surface area (Å²) in [6.07, 6.45) is 0. The number of methoxy groups -OCH3 is 1. The van der Waals surface area contributed by atoms with E-state index in [1.807, 2.05) is 13.0 Å². The molecule has 0 unspecified atom stereocenters. The van der Waals surface area contributed by atoms with E-state index in [1.54, 1.807) is 7.11 Å². The van der Waals surface area contributed by atoms with Crippen molar-refractivity contribution in [2.75, 3.05) is 30.9 Å². The molecule has 0 spiro atoms. The smallest absolute Gasteiger partial charge is 0.224 e. The van der Waals surface area contributed by atoms with Crippen molar-refractivity contribution in [2.45, 2.75) is 20.8 Å². The fourth-order valence-electron chi connectivity index (χ4n) is 1.94. The first-order valence-electron chi connectivity index (χ1n) is 7.01. The molecule has 2 aromatic rings. The van der Waals surface area contributed by atoms with Crippen molar-refractivity contribution in [2.24, 2.45) is 0 Å². The number of hydrogen-bond donors (Lipinski definition) is 2. The van der Waals surface area contributed by atoms with Gasteiger partial charge in [0, 0.05) is 31.1 Å². The summed E-state index contributed by atoms with van der Waals surface area (Å²) in [5.74, 6) is 1.39. The maximum absolute atomic E-state index is 5.01. The van der Waals surface area contributed by atoms with Gasteiger partial charge >= 0.3 is 0 Å². The molecule has 1 heterocycles. The van der Waals surface area contributed by atoms with Crippen LogP contribution in [0, 0.1) is 20.8 Å². The molecule has 0 saturated heterocycles. The number of rotatable bonds is 6. The molecule has 1 aromatic heterocycles. The summed E-state index contributed by atoms with van der Waals surface area (Å²) in [4.78, 5) is 8.83. The Balaban J connectivity index is 2.13. The number of nitrogens with zero attached hydrogens (tertiary/aromatic N) is 2. The molecule has 0 radical (unpaired) electrons. The monoisotopic (exact) mass is 286 g/mol. The number of benzene rings is 1. The van der Waals surface area contributed by atoms with Gasteiger partial charge < -0.3 is 15.4 Å². The van der Waals surface area contributed by atoms with Gasteiger partial charge in [0.05, 0.1) is 6.61 Å². The number of nitrogens with one attached hydrogen (secondary N) is 2. The molecule has 0 aliphatic rings. The average molecular weight is 286 g/mol. The second-order valence-corrected chi connectivity index (χ2v) is 5.06. The maximum atomic E-state index is 5.01. The highest BCUT2D eigenvalue weighted by atomic mass is 16.5. The number of anilines is 3.